The Morgan fingerprint density at radius 2 is 2.21 bits per heavy atom. The lowest BCUT2D eigenvalue weighted by Crippen LogP contribution is -2.34. The van der Waals surface area contributed by atoms with Gasteiger partial charge in [-0.25, -0.2) is 0 Å². The molecule has 2 aromatic rings. The van der Waals surface area contributed by atoms with Crippen LogP contribution < -0.4 is 5.32 Å². The zero-order valence-electron chi connectivity index (χ0n) is 10.7. The number of aromatic nitrogens is 2. The minimum atomic E-state index is -0.0615. The number of aliphatic hydroxyl groups is 1. The van der Waals surface area contributed by atoms with E-state index < -0.39 is 0 Å². The molecule has 1 aliphatic rings. The summed E-state index contributed by atoms with van der Waals surface area (Å²) in [6.45, 7) is 0.925. The maximum atomic E-state index is 11.9. The standard InChI is InChI=1S/C14H17N3O2/c18-10-14(5-6-14)9-15-13(19)8-17-12-4-2-1-3-11(12)7-16-17/h1-4,7,18H,5-6,8-10H2,(H,15,19). The summed E-state index contributed by atoms with van der Waals surface area (Å²) in [5.41, 5.74) is 0.905. The minimum absolute atomic E-state index is 0.0537. The van der Waals surface area contributed by atoms with Gasteiger partial charge in [-0.2, -0.15) is 5.10 Å². The van der Waals surface area contributed by atoms with Crippen LogP contribution in [-0.4, -0.2) is 33.9 Å². The zero-order valence-corrected chi connectivity index (χ0v) is 10.7. The highest BCUT2D eigenvalue weighted by atomic mass is 16.3. The number of hydrogen-bond donors (Lipinski definition) is 2. The van der Waals surface area contributed by atoms with Crippen LogP contribution in [0.1, 0.15) is 12.8 Å². The normalized spacial score (nSPS) is 16.5. The van der Waals surface area contributed by atoms with Gasteiger partial charge in [0.2, 0.25) is 5.91 Å². The van der Waals surface area contributed by atoms with Crippen LogP contribution in [0, 0.1) is 5.41 Å². The molecule has 1 fully saturated rings. The Bertz CT molecular complexity index is 602. The Morgan fingerprint density at radius 1 is 1.42 bits per heavy atom. The molecular formula is C14H17N3O2. The van der Waals surface area contributed by atoms with Crippen LogP contribution in [0.4, 0.5) is 0 Å². The predicted molar refractivity (Wildman–Crippen MR) is 71.5 cm³/mol. The molecule has 1 heterocycles. The summed E-state index contributed by atoms with van der Waals surface area (Å²) < 4.78 is 1.70. The number of fused-ring (bicyclic) bond motifs is 1. The first-order chi connectivity index (χ1) is 9.22. The summed E-state index contributed by atoms with van der Waals surface area (Å²) in [4.78, 5) is 11.9. The molecule has 5 nitrogen and oxygen atoms in total. The third-order valence-corrected chi connectivity index (χ3v) is 3.80. The molecule has 0 unspecified atom stereocenters. The second-order valence-electron chi connectivity index (χ2n) is 5.30. The molecule has 1 aromatic heterocycles. The minimum Gasteiger partial charge on any atom is -0.396 e. The number of aliphatic hydroxyl groups excluding tert-OH is 1. The van der Waals surface area contributed by atoms with Crippen molar-refractivity contribution in [3.63, 3.8) is 0 Å². The first-order valence-corrected chi connectivity index (χ1v) is 6.51. The molecule has 1 saturated carbocycles. The molecule has 3 rings (SSSR count). The number of benzene rings is 1. The first kappa shape index (κ1) is 12.2. The third-order valence-electron chi connectivity index (χ3n) is 3.80. The SMILES string of the molecule is O=C(Cn1ncc2ccccc21)NCC1(CO)CC1. The number of para-hydroxylation sites is 1. The fourth-order valence-electron chi connectivity index (χ4n) is 2.20. The lowest BCUT2D eigenvalue weighted by atomic mass is 10.1. The highest BCUT2D eigenvalue weighted by Gasteiger charge is 2.42. The average molecular weight is 259 g/mol. The molecule has 100 valence electrons. The van der Waals surface area contributed by atoms with Gasteiger partial charge in [-0.05, 0) is 18.9 Å². The Labute approximate surface area is 111 Å². The molecule has 0 spiro atoms. The van der Waals surface area contributed by atoms with Crippen molar-refractivity contribution in [1.29, 1.82) is 0 Å². The van der Waals surface area contributed by atoms with E-state index >= 15 is 0 Å². The largest absolute Gasteiger partial charge is 0.396 e. The van der Waals surface area contributed by atoms with E-state index in [-0.39, 0.29) is 24.5 Å². The molecule has 1 amide bonds. The van der Waals surface area contributed by atoms with Gasteiger partial charge in [-0.15, -0.1) is 0 Å². The summed E-state index contributed by atoms with van der Waals surface area (Å²) in [6, 6.07) is 7.81. The molecular weight excluding hydrogens is 242 g/mol. The average Bonchev–Trinajstić information content (AvgIpc) is 3.13. The number of nitrogens with zero attached hydrogens (tertiary/aromatic N) is 2. The quantitative estimate of drug-likeness (QED) is 0.839. The van der Waals surface area contributed by atoms with Crippen LogP contribution in [0.3, 0.4) is 0 Å². The van der Waals surface area contributed by atoms with Crippen molar-refractivity contribution in [2.45, 2.75) is 19.4 Å². The highest BCUT2D eigenvalue weighted by Crippen LogP contribution is 2.44. The summed E-state index contributed by atoms with van der Waals surface area (Å²) in [5, 5.41) is 17.3. The van der Waals surface area contributed by atoms with E-state index in [2.05, 4.69) is 10.4 Å². The van der Waals surface area contributed by atoms with Crippen molar-refractivity contribution in [2.24, 2.45) is 5.41 Å². The number of hydrogen-bond acceptors (Lipinski definition) is 3. The Kier molecular flexibility index (Phi) is 2.98. The van der Waals surface area contributed by atoms with E-state index in [1.807, 2.05) is 24.3 Å². The summed E-state index contributed by atoms with van der Waals surface area (Å²) >= 11 is 0. The Morgan fingerprint density at radius 3 is 2.95 bits per heavy atom. The number of amides is 1. The van der Waals surface area contributed by atoms with E-state index in [0.29, 0.717) is 6.54 Å². The molecule has 19 heavy (non-hydrogen) atoms. The number of carbonyl (C=O) groups is 1. The van der Waals surface area contributed by atoms with E-state index in [0.717, 1.165) is 23.7 Å². The van der Waals surface area contributed by atoms with Crippen molar-refractivity contribution in [3.05, 3.63) is 30.5 Å². The van der Waals surface area contributed by atoms with Crippen molar-refractivity contribution in [1.82, 2.24) is 15.1 Å². The van der Waals surface area contributed by atoms with E-state index in [9.17, 15) is 9.90 Å². The molecule has 1 aliphatic carbocycles. The molecule has 2 N–H and O–H groups in total. The van der Waals surface area contributed by atoms with Crippen LogP contribution >= 0.6 is 0 Å². The number of carbonyl (C=O) groups excluding carboxylic acids is 1. The second-order valence-corrected chi connectivity index (χ2v) is 5.30. The van der Waals surface area contributed by atoms with Gasteiger partial charge in [0.05, 0.1) is 18.3 Å². The lowest BCUT2D eigenvalue weighted by molar-refractivity contribution is -0.122. The van der Waals surface area contributed by atoms with Crippen LogP contribution in [0.15, 0.2) is 30.5 Å². The zero-order chi connectivity index (χ0) is 13.3. The smallest absolute Gasteiger partial charge is 0.241 e. The van der Waals surface area contributed by atoms with Crippen molar-refractivity contribution in [3.8, 4) is 0 Å². The van der Waals surface area contributed by atoms with E-state index in [1.165, 1.54) is 0 Å². The van der Waals surface area contributed by atoms with Gasteiger partial charge in [-0.3, -0.25) is 9.48 Å². The van der Waals surface area contributed by atoms with Gasteiger partial charge in [-0.1, -0.05) is 18.2 Å². The van der Waals surface area contributed by atoms with Gasteiger partial charge in [0.25, 0.3) is 0 Å². The molecule has 5 heteroatoms. The summed E-state index contributed by atoms with van der Waals surface area (Å²) in [7, 11) is 0. The first-order valence-electron chi connectivity index (χ1n) is 6.51. The molecule has 0 bridgehead atoms. The molecule has 1 aromatic carbocycles. The lowest BCUT2D eigenvalue weighted by Gasteiger charge is -2.12. The van der Waals surface area contributed by atoms with Crippen LogP contribution in [0.25, 0.3) is 10.9 Å². The predicted octanol–water partition coefficient (Wildman–Crippen LogP) is 0.925. The molecule has 0 aliphatic heterocycles. The highest BCUT2D eigenvalue weighted by molar-refractivity contribution is 5.81. The maximum absolute atomic E-state index is 11.9. The molecule has 0 radical (unpaired) electrons. The fraction of sp³-hybridized carbons (Fsp3) is 0.429. The van der Waals surface area contributed by atoms with Crippen LogP contribution in [0.2, 0.25) is 0 Å². The maximum Gasteiger partial charge on any atom is 0.241 e. The van der Waals surface area contributed by atoms with E-state index in [4.69, 9.17) is 0 Å². The molecule has 0 atom stereocenters. The van der Waals surface area contributed by atoms with Crippen molar-refractivity contribution >= 4 is 16.8 Å². The second kappa shape index (κ2) is 4.66. The van der Waals surface area contributed by atoms with Crippen LogP contribution in [0.5, 0.6) is 0 Å². The van der Waals surface area contributed by atoms with Gasteiger partial charge < -0.3 is 10.4 Å². The number of nitrogens with one attached hydrogen (secondary N) is 1. The van der Waals surface area contributed by atoms with Crippen molar-refractivity contribution < 1.29 is 9.90 Å². The van der Waals surface area contributed by atoms with Gasteiger partial charge in [0.1, 0.15) is 6.54 Å². The monoisotopic (exact) mass is 259 g/mol. The van der Waals surface area contributed by atoms with Crippen molar-refractivity contribution in [2.75, 3.05) is 13.2 Å². The third kappa shape index (κ3) is 2.46. The topological polar surface area (TPSA) is 67.2 Å². The molecule has 0 saturated heterocycles. The van der Waals surface area contributed by atoms with E-state index in [1.54, 1.807) is 10.9 Å². The Balaban J connectivity index is 1.63. The Hall–Kier alpha value is -1.88. The summed E-state index contributed by atoms with van der Waals surface area (Å²) in [6.07, 6.45) is 3.75. The van der Waals surface area contributed by atoms with Gasteiger partial charge in [0.15, 0.2) is 0 Å². The van der Waals surface area contributed by atoms with Gasteiger partial charge >= 0.3 is 0 Å². The number of rotatable bonds is 5. The van der Waals surface area contributed by atoms with Gasteiger partial charge in [0, 0.05) is 17.3 Å². The van der Waals surface area contributed by atoms with Crippen LogP contribution in [-0.2, 0) is 11.3 Å². The fourth-order valence-corrected chi connectivity index (χ4v) is 2.20. The summed E-state index contributed by atoms with van der Waals surface area (Å²) in [5.74, 6) is -0.0615.